The van der Waals surface area contributed by atoms with E-state index in [1.165, 1.54) is 0 Å². The zero-order chi connectivity index (χ0) is 12.2. The van der Waals surface area contributed by atoms with Crippen molar-refractivity contribution in [3.63, 3.8) is 0 Å². The van der Waals surface area contributed by atoms with Crippen LogP contribution < -0.4 is 0 Å². The Morgan fingerprint density at radius 3 is 2.50 bits per heavy atom. The van der Waals surface area contributed by atoms with E-state index in [1.54, 1.807) is 6.92 Å². The molecule has 1 fully saturated rings. The Bertz CT molecular complexity index is 268. The molecule has 0 radical (unpaired) electrons. The van der Waals surface area contributed by atoms with Gasteiger partial charge in [-0.3, -0.25) is 9.59 Å². The predicted octanol–water partition coefficient (Wildman–Crippen LogP) is 2.33. The van der Waals surface area contributed by atoms with E-state index in [4.69, 9.17) is 0 Å². The Labute approximate surface area is 93.2 Å². The van der Waals surface area contributed by atoms with E-state index >= 15 is 0 Å². The third-order valence-corrected chi connectivity index (χ3v) is 2.65. The lowest BCUT2D eigenvalue weighted by Gasteiger charge is -2.34. The highest BCUT2D eigenvalue weighted by molar-refractivity contribution is 5.95. The molecule has 0 aliphatic heterocycles. The first-order valence-corrected chi connectivity index (χ1v) is 5.48. The summed E-state index contributed by atoms with van der Waals surface area (Å²) < 4.78 is 29.5. The molecule has 1 saturated carbocycles. The van der Waals surface area contributed by atoms with Gasteiger partial charge in [-0.1, -0.05) is 0 Å². The minimum absolute atomic E-state index is 0.0684. The molecule has 16 heavy (non-hydrogen) atoms. The van der Waals surface area contributed by atoms with Gasteiger partial charge in [-0.25, -0.2) is 8.78 Å². The summed E-state index contributed by atoms with van der Waals surface area (Å²) in [6.45, 7) is 1.92. The predicted molar refractivity (Wildman–Crippen MR) is 53.2 cm³/mol. The van der Waals surface area contributed by atoms with Crippen LogP contribution in [0.3, 0.4) is 0 Å². The fraction of sp³-hybridized carbons (Fsp3) is 0.818. The van der Waals surface area contributed by atoms with Gasteiger partial charge in [0.1, 0.15) is 12.2 Å². The third kappa shape index (κ3) is 4.24. The van der Waals surface area contributed by atoms with Crippen molar-refractivity contribution >= 4 is 11.8 Å². The molecule has 0 aromatic rings. The summed E-state index contributed by atoms with van der Waals surface area (Å²) >= 11 is 0. The number of carbonyl (C=O) groups is 2. The van der Waals surface area contributed by atoms with Gasteiger partial charge in [-0.05, 0) is 19.3 Å². The summed E-state index contributed by atoms with van der Waals surface area (Å²) in [5, 5.41) is 0. The monoisotopic (exact) mass is 234 g/mol. The van der Waals surface area contributed by atoms with E-state index in [0.29, 0.717) is 6.42 Å². The van der Waals surface area contributed by atoms with E-state index in [0.717, 1.165) is 0 Å². The Hall–Kier alpha value is -1.00. The number of esters is 1. The fourth-order valence-corrected chi connectivity index (χ4v) is 1.82. The molecule has 0 aromatic carbocycles. The van der Waals surface area contributed by atoms with E-state index in [1.807, 2.05) is 0 Å². The van der Waals surface area contributed by atoms with Crippen molar-refractivity contribution in [3.8, 4) is 0 Å². The van der Waals surface area contributed by atoms with Crippen molar-refractivity contribution in [1.82, 2.24) is 0 Å². The first kappa shape index (κ1) is 13.1. The number of halogens is 2. The van der Waals surface area contributed by atoms with Crippen LogP contribution in [0.5, 0.6) is 0 Å². The molecule has 1 aliphatic carbocycles. The van der Waals surface area contributed by atoms with Gasteiger partial charge in [0.25, 0.3) is 0 Å². The Morgan fingerprint density at radius 2 is 2.00 bits per heavy atom. The van der Waals surface area contributed by atoms with E-state index in [9.17, 15) is 18.4 Å². The molecule has 1 rings (SSSR count). The number of ether oxygens (including phenoxy) is 1. The second-order valence-electron chi connectivity index (χ2n) is 4.19. The van der Waals surface area contributed by atoms with Gasteiger partial charge in [0.15, 0.2) is 0 Å². The molecule has 0 heterocycles. The van der Waals surface area contributed by atoms with Crippen LogP contribution in [0.2, 0.25) is 0 Å². The molecular formula is C11H16F2O3. The Balaban J connectivity index is 2.10. The van der Waals surface area contributed by atoms with Crippen LogP contribution in [0.15, 0.2) is 0 Å². The van der Waals surface area contributed by atoms with Crippen LogP contribution in [0, 0.1) is 5.92 Å². The first-order chi connectivity index (χ1) is 7.43. The summed E-state index contributed by atoms with van der Waals surface area (Å²) in [4.78, 5) is 22.2. The van der Waals surface area contributed by atoms with Gasteiger partial charge in [-0.15, -0.1) is 0 Å². The maximum atomic E-state index is 12.5. The summed E-state index contributed by atoms with van der Waals surface area (Å²) in [6, 6.07) is 0. The summed E-state index contributed by atoms with van der Waals surface area (Å²) in [5.41, 5.74) is 0. The third-order valence-electron chi connectivity index (χ3n) is 2.65. The summed E-state index contributed by atoms with van der Waals surface area (Å²) in [6.07, 6.45) is 0.156. The standard InChI is InChI=1S/C11H16F2O3/c1-2-16-10(15)5-9(14)4-3-8-6-11(12,13)7-8/h8H,2-7H2,1H3. The van der Waals surface area contributed by atoms with Crippen molar-refractivity contribution < 1.29 is 23.1 Å². The van der Waals surface area contributed by atoms with Crippen molar-refractivity contribution in [2.24, 2.45) is 5.92 Å². The molecule has 0 aromatic heterocycles. The molecule has 5 heteroatoms. The van der Waals surface area contributed by atoms with Crippen molar-refractivity contribution in [3.05, 3.63) is 0 Å². The van der Waals surface area contributed by atoms with Crippen LogP contribution in [0.25, 0.3) is 0 Å². The second-order valence-corrected chi connectivity index (χ2v) is 4.19. The zero-order valence-corrected chi connectivity index (χ0v) is 9.30. The molecule has 1 aliphatic rings. The Kier molecular flexibility index (Phi) is 4.38. The number of hydrogen-bond donors (Lipinski definition) is 0. The van der Waals surface area contributed by atoms with Crippen LogP contribution in [0.4, 0.5) is 8.78 Å². The molecule has 0 saturated heterocycles. The van der Waals surface area contributed by atoms with E-state index in [-0.39, 0.29) is 44.0 Å². The normalized spacial score (nSPS) is 18.9. The molecule has 0 amide bonds. The van der Waals surface area contributed by atoms with Crippen LogP contribution in [0.1, 0.15) is 39.0 Å². The molecular weight excluding hydrogens is 218 g/mol. The maximum absolute atomic E-state index is 12.5. The number of hydrogen-bond acceptors (Lipinski definition) is 3. The van der Waals surface area contributed by atoms with Crippen LogP contribution in [-0.4, -0.2) is 24.3 Å². The van der Waals surface area contributed by atoms with Crippen LogP contribution in [-0.2, 0) is 14.3 Å². The topological polar surface area (TPSA) is 43.4 Å². The number of rotatable bonds is 6. The lowest BCUT2D eigenvalue weighted by Crippen LogP contribution is -2.35. The van der Waals surface area contributed by atoms with Gasteiger partial charge in [0.2, 0.25) is 5.92 Å². The zero-order valence-electron chi connectivity index (χ0n) is 9.30. The quantitative estimate of drug-likeness (QED) is 0.523. The minimum atomic E-state index is -2.53. The molecule has 0 N–H and O–H groups in total. The molecule has 0 unspecified atom stereocenters. The number of alkyl halides is 2. The van der Waals surface area contributed by atoms with E-state index in [2.05, 4.69) is 4.74 Å². The highest BCUT2D eigenvalue weighted by atomic mass is 19.3. The Morgan fingerprint density at radius 1 is 1.38 bits per heavy atom. The van der Waals surface area contributed by atoms with Gasteiger partial charge in [-0.2, -0.15) is 0 Å². The van der Waals surface area contributed by atoms with Gasteiger partial charge >= 0.3 is 5.97 Å². The van der Waals surface area contributed by atoms with Crippen molar-refractivity contribution in [2.45, 2.75) is 45.0 Å². The number of carbonyl (C=O) groups excluding carboxylic acids is 2. The number of ketones is 1. The van der Waals surface area contributed by atoms with E-state index < -0.39 is 11.9 Å². The lowest BCUT2D eigenvalue weighted by atomic mass is 9.78. The molecule has 3 nitrogen and oxygen atoms in total. The maximum Gasteiger partial charge on any atom is 0.313 e. The van der Waals surface area contributed by atoms with Crippen molar-refractivity contribution in [1.29, 1.82) is 0 Å². The highest BCUT2D eigenvalue weighted by Gasteiger charge is 2.44. The summed E-state index contributed by atoms with van der Waals surface area (Å²) in [5.74, 6) is -3.37. The summed E-state index contributed by atoms with van der Waals surface area (Å²) in [7, 11) is 0. The molecule has 0 atom stereocenters. The van der Waals surface area contributed by atoms with Gasteiger partial charge < -0.3 is 4.74 Å². The second kappa shape index (κ2) is 5.37. The largest absolute Gasteiger partial charge is 0.466 e. The first-order valence-electron chi connectivity index (χ1n) is 5.48. The molecule has 92 valence electrons. The van der Waals surface area contributed by atoms with Crippen LogP contribution >= 0.6 is 0 Å². The average Bonchev–Trinajstić information content (AvgIpc) is 2.11. The average molecular weight is 234 g/mol. The number of Topliss-reactive ketones (excluding diaryl/α,β-unsaturated/α-hetero) is 1. The van der Waals surface area contributed by atoms with Crippen molar-refractivity contribution in [2.75, 3.05) is 6.61 Å². The minimum Gasteiger partial charge on any atom is -0.466 e. The smallest absolute Gasteiger partial charge is 0.313 e. The lowest BCUT2D eigenvalue weighted by molar-refractivity contribution is -0.146. The highest BCUT2D eigenvalue weighted by Crippen LogP contribution is 2.44. The van der Waals surface area contributed by atoms with Gasteiger partial charge in [0.05, 0.1) is 6.61 Å². The van der Waals surface area contributed by atoms with Gasteiger partial charge in [0, 0.05) is 19.3 Å². The SMILES string of the molecule is CCOC(=O)CC(=O)CCC1CC(F)(F)C1. The molecule has 0 spiro atoms. The fourth-order valence-electron chi connectivity index (χ4n) is 1.82. The molecule has 0 bridgehead atoms.